The van der Waals surface area contributed by atoms with Crippen molar-refractivity contribution in [1.82, 2.24) is 14.8 Å². The minimum absolute atomic E-state index is 0.628. The van der Waals surface area contributed by atoms with Crippen LogP contribution in [0.2, 0.25) is 0 Å². The summed E-state index contributed by atoms with van der Waals surface area (Å²) in [5, 5.41) is 4.50. The first-order valence-corrected chi connectivity index (χ1v) is 6.56. The summed E-state index contributed by atoms with van der Waals surface area (Å²) in [6.07, 6.45) is 3.50. The molecule has 0 saturated heterocycles. The lowest BCUT2D eigenvalue weighted by molar-refractivity contribution is 0.850. The number of rotatable bonds is 2. The fraction of sp³-hybridized carbons (Fsp3) is 0. The van der Waals surface area contributed by atoms with Gasteiger partial charge < -0.3 is 5.73 Å². The lowest BCUT2D eigenvalue weighted by atomic mass is 10.1. The number of benzene rings is 1. The number of hydrogen-bond donors (Lipinski definition) is 1. The molecule has 94 valence electrons. The van der Waals surface area contributed by atoms with E-state index in [4.69, 9.17) is 5.73 Å². The lowest BCUT2D eigenvalue weighted by Crippen LogP contribution is -1.97. The topological polar surface area (TPSA) is 56.7 Å². The van der Waals surface area contributed by atoms with Gasteiger partial charge in [0.05, 0.1) is 11.9 Å². The number of pyridine rings is 1. The Morgan fingerprint density at radius 1 is 1.11 bits per heavy atom. The first-order valence-electron chi connectivity index (χ1n) is 5.76. The molecule has 0 aliphatic carbocycles. The van der Waals surface area contributed by atoms with E-state index >= 15 is 0 Å². The van der Waals surface area contributed by atoms with Crippen molar-refractivity contribution >= 4 is 21.6 Å². The van der Waals surface area contributed by atoms with Gasteiger partial charge in [-0.3, -0.25) is 0 Å². The van der Waals surface area contributed by atoms with Gasteiger partial charge in [-0.2, -0.15) is 5.10 Å². The van der Waals surface area contributed by atoms with Crippen LogP contribution in [0, 0.1) is 0 Å². The summed E-state index contributed by atoms with van der Waals surface area (Å²) in [7, 11) is 0. The molecule has 0 aliphatic heterocycles. The molecule has 5 heteroatoms. The van der Waals surface area contributed by atoms with Gasteiger partial charge in [-0.05, 0) is 24.3 Å². The van der Waals surface area contributed by atoms with Gasteiger partial charge in [0, 0.05) is 16.2 Å². The molecule has 0 radical (unpaired) electrons. The zero-order valence-corrected chi connectivity index (χ0v) is 11.6. The number of aromatic nitrogens is 3. The second-order valence-electron chi connectivity index (χ2n) is 4.08. The Labute approximate surface area is 119 Å². The Kier molecular flexibility index (Phi) is 3.05. The van der Waals surface area contributed by atoms with Crippen molar-refractivity contribution in [3.8, 4) is 17.1 Å². The smallest absolute Gasteiger partial charge is 0.153 e. The third-order valence-corrected chi connectivity index (χ3v) is 3.22. The summed E-state index contributed by atoms with van der Waals surface area (Å²) in [6.45, 7) is 0. The molecule has 0 bridgehead atoms. The molecule has 0 aliphatic rings. The average molecular weight is 315 g/mol. The first kappa shape index (κ1) is 11.9. The van der Waals surface area contributed by atoms with Gasteiger partial charge in [-0.25, -0.2) is 9.67 Å². The molecule has 0 unspecified atom stereocenters. The van der Waals surface area contributed by atoms with Crippen molar-refractivity contribution in [1.29, 1.82) is 0 Å². The molecule has 4 nitrogen and oxygen atoms in total. The van der Waals surface area contributed by atoms with Crippen LogP contribution in [0.1, 0.15) is 0 Å². The number of nitrogens with two attached hydrogens (primary N) is 1. The number of hydrogen-bond acceptors (Lipinski definition) is 3. The van der Waals surface area contributed by atoms with E-state index in [-0.39, 0.29) is 0 Å². The first-order chi connectivity index (χ1) is 9.24. The summed E-state index contributed by atoms with van der Waals surface area (Å²) < 4.78 is 2.68. The average Bonchev–Trinajstić information content (AvgIpc) is 2.82. The van der Waals surface area contributed by atoms with Crippen molar-refractivity contribution in [2.45, 2.75) is 0 Å². The van der Waals surface area contributed by atoms with E-state index in [1.165, 1.54) is 0 Å². The van der Waals surface area contributed by atoms with E-state index in [2.05, 4.69) is 26.0 Å². The normalized spacial score (nSPS) is 10.6. The zero-order chi connectivity index (χ0) is 13.2. The lowest BCUT2D eigenvalue weighted by Gasteiger charge is -2.00. The van der Waals surface area contributed by atoms with Crippen LogP contribution >= 0.6 is 15.9 Å². The summed E-state index contributed by atoms with van der Waals surface area (Å²) in [6, 6.07) is 13.6. The van der Waals surface area contributed by atoms with E-state index in [1.54, 1.807) is 17.1 Å². The summed E-state index contributed by atoms with van der Waals surface area (Å²) in [4.78, 5) is 4.25. The maximum absolute atomic E-state index is 6.03. The standard InChI is InChI=1S/C14H11BrN4/c15-11-5-3-4-10(8-11)14-12(16)9-19(18-14)13-6-1-2-7-17-13/h1-9H,16H2. The highest BCUT2D eigenvalue weighted by molar-refractivity contribution is 9.10. The van der Waals surface area contributed by atoms with Gasteiger partial charge in [-0.1, -0.05) is 34.1 Å². The van der Waals surface area contributed by atoms with Gasteiger partial charge in [0.15, 0.2) is 5.82 Å². The quantitative estimate of drug-likeness (QED) is 0.789. The minimum Gasteiger partial charge on any atom is -0.396 e. The highest BCUT2D eigenvalue weighted by atomic mass is 79.9. The van der Waals surface area contributed by atoms with Crippen molar-refractivity contribution in [2.75, 3.05) is 5.73 Å². The van der Waals surface area contributed by atoms with Crippen LogP contribution in [0.5, 0.6) is 0 Å². The van der Waals surface area contributed by atoms with E-state index in [0.29, 0.717) is 5.69 Å². The minimum atomic E-state index is 0.628. The molecule has 0 saturated carbocycles. The van der Waals surface area contributed by atoms with Crippen molar-refractivity contribution in [3.63, 3.8) is 0 Å². The predicted molar refractivity (Wildman–Crippen MR) is 78.9 cm³/mol. The number of halogens is 1. The Morgan fingerprint density at radius 2 is 2.00 bits per heavy atom. The maximum Gasteiger partial charge on any atom is 0.153 e. The molecule has 0 fully saturated rings. The monoisotopic (exact) mass is 314 g/mol. The maximum atomic E-state index is 6.03. The number of nitrogen functional groups attached to an aromatic ring is 1. The molecular formula is C14H11BrN4. The van der Waals surface area contributed by atoms with E-state index in [9.17, 15) is 0 Å². The van der Waals surface area contributed by atoms with Crippen molar-refractivity contribution in [2.24, 2.45) is 0 Å². The third-order valence-electron chi connectivity index (χ3n) is 2.72. The molecule has 19 heavy (non-hydrogen) atoms. The highest BCUT2D eigenvalue weighted by Crippen LogP contribution is 2.27. The van der Waals surface area contributed by atoms with Crippen LogP contribution in [0.25, 0.3) is 17.1 Å². The van der Waals surface area contributed by atoms with Gasteiger partial charge in [-0.15, -0.1) is 0 Å². The van der Waals surface area contributed by atoms with Crippen molar-refractivity contribution < 1.29 is 0 Å². The Hall–Kier alpha value is -2.14. The third kappa shape index (κ3) is 2.37. The van der Waals surface area contributed by atoms with Crippen LogP contribution in [0.4, 0.5) is 5.69 Å². The Balaban J connectivity index is 2.08. The SMILES string of the molecule is Nc1cn(-c2ccccn2)nc1-c1cccc(Br)c1. The van der Waals surface area contributed by atoms with Crippen LogP contribution < -0.4 is 5.73 Å². The molecule has 3 rings (SSSR count). The van der Waals surface area contributed by atoms with Gasteiger partial charge >= 0.3 is 0 Å². The molecule has 2 aromatic heterocycles. The Morgan fingerprint density at radius 3 is 2.74 bits per heavy atom. The van der Waals surface area contributed by atoms with E-state index in [1.807, 2.05) is 42.5 Å². The molecular weight excluding hydrogens is 304 g/mol. The molecule has 0 spiro atoms. The second-order valence-corrected chi connectivity index (χ2v) is 4.99. The van der Waals surface area contributed by atoms with Gasteiger partial charge in [0.2, 0.25) is 0 Å². The summed E-state index contributed by atoms with van der Waals surface area (Å²) in [5.41, 5.74) is 8.39. The molecule has 0 atom stereocenters. The fourth-order valence-corrected chi connectivity index (χ4v) is 2.25. The molecule has 2 N–H and O–H groups in total. The summed E-state index contributed by atoms with van der Waals surface area (Å²) in [5.74, 6) is 0.746. The highest BCUT2D eigenvalue weighted by Gasteiger charge is 2.10. The fourth-order valence-electron chi connectivity index (χ4n) is 1.85. The van der Waals surface area contributed by atoms with Crippen LogP contribution in [-0.4, -0.2) is 14.8 Å². The molecule has 2 heterocycles. The predicted octanol–water partition coefficient (Wildman–Crippen LogP) is 3.28. The van der Waals surface area contributed by atoms with Gasteiger partial charge in [0.1, 0.15) is 5.69 Å². The largest absolute Gasteiger partial charge is 0.396 e. The number of nitrogens with zero attached hydrogens (tertiary/aromatic N) is 3. The van der Waals surface area contributed by atoms with E-state index in [0.717, 1.165) is 21.5 Å². The summed E-state index contributed by atoms with van der Waals surface area (Å²) >= 11 is 3.45. The van der Waals surface area contributed by atoms with Crippen LogP contribution in [0.15, 0.2) is 59.3 Å². The number of anilines is 1. The second kappa shape index (κ2) is 4.85. The molecule has 1 aromatic carbocycles. The Bertz CT molecular complexity index is 706. The van der Waals surface area contributed by atoms with Crippen LogP contribution in [0.3, 0.4) is 0 Å². The zero-order valence-electron chi connectivity index (χ0n) is 9.99. The molecule has 0 amide bonds. The van der Waals surface area contributed by atoms with E-state index < -0.39 is 0 Å². The van der Waals surface area contributed by atoms with Crippen LogP contribution in [-0.2, 0) is 0 Å². The van der Waals surface area contributed by atoms with Crippen molar-refractivity contribution in [3.05, 3.63) is 59.3 Å². The van der Waals surface area contributed by atoms with Gasteiger partial charge in [0.25, 0.3) is 0 Å². The molecule has 3 aromatic rings.